The third-order valence-electron chi connectivity index (χ3n) is 3.66. The zero-order valence-electron chi connectivity index (χ0n) is 12.6. The maximum Gasteiger partial charge on any atom is 0.231 e. The van der Waals surface area contributed by atoms with Crippen LogP contribution in [0.2, 0.25) is 5.28 Å². The molecule has 1 aliphatic heterocycles. The van der Waals surface area contributed by atoms with E-state index in [9.17, 15) is 4.79 Å². The number of anilines is 2. The number of aromatic nitrogens is 3. The Kier molecular flexibility index (Phi) is 4.82. The van der Waals surface area contributed by atoms with E-state index >= 15 is 0 Å². The van der Waals surface area contributed by atoms with Gasteiger partial charge in [0.05, 0.1) is 5.41 Å². The summed E-state index contributed by atoms with van der Waals surface area (Å²) < 4.78 is 0. The lowest BCUT2D eigenvalue weighted by Gasteiger charge is -2.22. The van der Waals surface area contributed by atoms with E-state index in [0.29, 0.717) is 18.4 Å². The summed E-state index contributed by atoms with van der Waals surface area (Å²) in [5, 5.41) is 5.97. The van der Waals surface area contributed by atoms with Crippen LogP contribution in [-0.4, -0.2) is 47.5 Å². The normalized spacial score (nSPS) is 21.4. The molecule has 8 heteroatoms. The number of halogens is 1. The molecule has 1 aliphatic rings. The molecule has 2 rings (SSSR count). The highest BCUT2D eigenvalue weighted by atomic mass is 35.5. The fourth-order valence-electron chi connectivity index (χ4n) is 2.42. The summed E-state index contributed by atoms with van der Waals surface area (Å²) in [5.41, 5.74) is -0.426. The first-order valence-electron chi connectivity index (χ1n) is 7.11. The molecule has 116 valence electrons. The van der Waals surface area contributed by atoms with Crippen molar-refractivity contribution >= 4 is 29.4 Å². The van der Waals surface area contributed by atoms with E-state index in [1.54, 1.807) is 7.05 Å². The molecule has 2 heterocycles. The van der Waals surface area contributed by atoms with E-state index in [4.69, 9.17) is 11.6 Å². The number of rotatable bonds is 5. The quantitative estimate of drug-likeness (QED) is 0.853. The summed E-state index contributed by atoms with van der Waals surface area (Å²) in [4.78, 5) is 26.5. The van der Waals surface area contributed by atoms with Crippen LogP contribution in [0.15, 0.2) is 0 Å². The molecule has 2 N–H and O–H groups in total. The summed E-state index contributed by atoms with van der Waals surface area (Å²) in [7, 11) is 1.66. The Morgan fingerprint density at radius 2 is 2.19 bits per heavy atom. The van der Waals surface area contributed by atoms with Gasteiger partial charge in [0.15, 0.2) is 0 Å². The minimum absolute atomic E-state index is 0.0366. The van der Waals surface area contributed by atoms with Crippen LogP contribution in [-0.2, 0) is 4.79 Å². The number of nitrogens with one attached hydrogen (secondary N) is 2. The van der Waals surface area contributed by atoms with Crippen LogP contribution in [0, 0.1) is 5.41 Å². The molecule has 1 saturated heterocycles. The lowest BCUT2D eigenvalue weighted by atomic mass is 9.89. The van der Waals surface area contributed by atoms with Gasteiger partial charge in [0.1, 0.15) is 0 Å². The zero-order valence-corrected chi connectivity index (χ0v) is 13.4. The van der Waals surface area contributed by atoms with Gasteiger partial charge in [-0.15, -0.1) is 0 Å². The molecule has 7 nitrogen and oxygen atoms in total. The number of amides is 1. The van der Waals surface area contributed by atoms with Gasteiger partial charge in [0.2, 0.25) is 23.1 Å². The van der Waals surface area contributed by atoms with Crippen LogP contribution in [0.3, 0.4) is 0 Å². The highest BCUT2D eigenvalue weighted by Crippen LogP contribution is 2.32. The van der Waals surface area contributed by atoms with Crippen molar-refractivity contribution in [3.63, 3.8) is 0 Å². The maximum absolute atomic E-state index is 12.0. The summed E-state index contributed by atoms with van der Waals surface area (Å²) in [5.74, 6) is 1.02. The lowest BCUT2D eigenvalue weighted by molar-refractivity contribution is -0.128. The molecule has 21 heavy (non-hydrogen) atoms. The third-order valence-corrected chi connectivity index (χ3v) is 3.83. The summed E-state index contributed by atoms with van der Waals surface area (Å²) >= 11 is 5.96. The van der Waals surface area contributed by atoms with Gasteiger partial charge < -0.3 is 15.5 Å². The second kappa shape index (κ2) is 6.43. The molecule has 1 amide bonds. The molecule has 0 radical (unpaired) electrons. The van der Waals surface area contributed by atoms with Crippen LogP contribution in [0.5, 0.6) is 0 Å². The number of nitrogens with zero attached hydrogens (tertiary/aromatic N) is 4. The largest absolute Gasteiger partial charge is 0.359 e. The van der Waals surface area contributed by atoms with Gasteiger partial charge in [-0.3, -0.25) is 4.79 Å². The van der Waals surface area contributed by atoms with Gasteiger partial charge in [0, 0.05) is 26.7 Å². The first kappa shape index (κ1) is 15.8. The summed E-state index contributed by atoms with van der Waals surface area (Å²) in [6.07, 6.45) is 1.73. The molecule has 0 bridgehead atoms. The minimum atomic E-state index is -0.426. The Morgan fingerprint density at radius 1 is 1.43 bits per heavy atom. The van der Waals surface area contributed by atoms with Crippen molar-refractivity contribution in [3.8, 4) is 0 Å². The first-order chi connectivity index (χ1) is 9.98. The van der Waals surface area contributed by atoms with Crippen LogP contribution < -0.4 is 15.5 Å². The second-order valence-corrected chi connectivity index (χ2v) is 5.80. The highest BCUT2D eigenvalue weighted by Gasteiger charge is 2.40. The Morgan fingerprint density at radius 3 is 2.86 bits per heavy atom. The molecular weight excluding hydrogens is 292 g/mol. The maximum atomic E-state index is 12.0. The predicted molar refractivity (Wildman–Crippen MR) is 82.6 cm³/mol. The Labute approximate surface area is 129 Å². The van der Waals surface area contributed by atoms with Gasteiger partial charge in [0.25, 0.3) is 0 Å². The van der Waals surface area contributed by atoms with Gasteiger partial charge in [-0.2, -0.15) is 15.0 Å². The SMILES string of the molecule is CCCNc1nc(Cl)nc(N2CCC(C)(C(=O)NC)C2)n1. The van der Waals surface area contributed by atoms with Crippen molar-refractivity contribution in [1.82, 2.24) is 20.3 Å². The third kappa shape index (κ3) is 3.53. The molecule has 0 saturated carbocycles. The lowest BCUT2D eigenvalue weighted by Crippen LogP contribution is -2.39. The fourth-order valence-corrected chi connectivity index (χ4v) is 2.57. The highest BCUT2D eigenvalue weighted by molar-refractivity contribution is 6.28. The molecule has 1 unspecified atom stereocenters. The topological polar surface area (TPSA) is 83.0 Å². The number of carbonyl (C=O) groups excluding carboxylic acids is 1. The minimum Gasteiger partial charge on any atom is -0.359 e. The van der Waals surface area contributed by atoms with Crippen molar-refractivity contribution in [2.24, 2.45) is 5.41 Å². The van der Waals surface area contributed by atoms with Crippen molar-refractivity contribution in [1.29, 1.82) is 0 Å². The molecule has 1 aromatic heterocycles. The average Bonchev–Trinajstić information content (AvgIpc) is 2.87. The van der Waals surface area contributed by atoms with Gasteiger partial charge >= 0.3 is 0 Å². The monoisotopic (exact) mass is 312 g/mol. The standard InChI is InChI=1S/C13H21ClN6O/c1-4-6-16-11-17-10(14)18-12(19-11)20-7-5-13(2,8-20)9(21)15-3/h4-8H2,1-3H3,(H,15,21)(H,16,17,18,19). The second-order valence-electron chi connectivity index (χ2n) is 5.47. The summed E-state index contributed by atoms with van der Waals surface area (Å²) in [6.45, 7) is 6.07. The number of carbonyl (C=O) groups is 1. The van der Waals surface area contributed by atoms with Crippen molar-refractivity contribution < 1.29 is 4.79 Å². The van der Waals surface area contributed by atoms with Gasteiger partial charge in [-0.1, -0.05) is 6.92 Å². The number of hydrogen-bond donors (Lipinski definition) is 2. The number of hydrogen-bond acceptors (Lipinski definition) is 6. The molecule has 0 aliphatic carbocycles. The van der Waals surface area contributed by atoms with Crippen LogP contribution in [0.4, 0.5) is 11.9 Å². The molecule has 1 atom stereocenters. The Hall–Kier alpha value is -1.63. The van der Waals surface area contributed by atoms with Gasteiger partial charge in [-0.25, -0.2) is 0 Å². The zero-order chi connectivity index (χ0) is 15.5. The van der Waals surface area contributed by atoms with Crippen LogP contribution >= 0.6 is 11.6 Å². The van der Waals surface area contributed by atoms with Crippen LogP contribution in [0.1, 0.15) is 26.7 Å². The van der Waals surface area contributed by atoms with E-state index in [1.165, 1.54) is 0 Å². The van der Waals surface area contributed by atoms with Crippen LogP contribution in [0.25, 0.3) is 0 Å². The van der Waals surface area contributed by atoms with E-state index in [1.807, 2.05) is 11.8 Å². The van der Waals surface area contributed by atoms with E-state index in [2.05, 4.69) is 32.5 Å². The van der Waals surface area contributed by atoms with Crippen molar-refractivity contribution in [3.05, 3.63) is 5.28 Å². The predicted octanol–water partition coefficient (Wildman–Crippen LogP) is 1.31. The molecule has 1 fully saturated rings. The Balaban J connectivity index is 2.16. The smallest absolute Gasteiger partial charge is 0.231 e. The van der Waals surface area contributed by atoms with E-state index in [-0.39, 0.29) is 11.2 Å². The first-order valence-corrected chi connectivity index (χ1v) is 7.49. The van der Waals surface area contributed by atoms with E-state index < -0.39 is 5.41 Å². The molecule has 0 spiro atoms. The van der Waals surface area contributed by atoms with Crippen molar-refractivity contribution in [2.75, 3.05) is 36.9 Å². The summed E-state index contributed by atoms with van der Waals surface area (Å²) in [6, 6.07) is 0. The molecular formula is C13H21ClN6O. The average molecular weight is 313 g/mol. The van der Waals surface area contributed by atoms with Crippen molar-refractivity contribution in [2.45, 2.75) is 26.7 Å². The fraction of sp³-hybridized carbons (Fsp3) is 0.692. The molecule has 0 aromatic carbocycles. The molecule has 1 aromatic rings. The Bertz CT molecular complexity index is 525. The van der Waals surface area contributed by atoms with Gasteiger partial charge in [-0.05, 0) is 31.4 Å². The van der Waals surface area contributed by atoms with E-state index in [0.717, 1.165) is 25.9 Å².